The summed E-state index contributed by atoms with van der Waals surface area (Å²) >= 11 is 0. The van der Waals surface area contributed by atoms with Crippen molar-refractivity contribution < 1.29 is 29.0 Å². The monoisotopic (exact) mass is 269 g/mol. The molecule has 0 aliphatic heterocycles. The molecule has 1 amide bonds. The topological polar surface area (TPSA) is 104 Å². The van der Waals surface area contributed by atoms with Crippen molar-refractivity contribution in [2.75, 3.05) is 5.32 Å². The number of carbonyl (C=O) groups is 3. The van der Waals surface area contributed by atoms with E-state index >= 15 is 0 Å². The Balaban J connectivity index is 2.65. The normalized spacial score (nSPS) is 9.95. The first-order chi connectivity index (χ1) is 8.90. The van der Waals surface area contributed by atoms with Crippen LogP contribution < -0.4 is 5.32 Å². The number of rotatable bonds is 6. The number of nitrogens with one attached hydrogen (secondary N) is 1. The van der Waals surface area contributed by atoms with Crippen molar-refractivity contribution in [1.29, 1.82) is 0 Å². The summed E-state index contributed by atoms with van der Waals surface area (Å²) in [6.45, 7) is 0. The highest BCUT2D eigenvalue weighted by molar-refractivity contribution is 5.94. The molecule has 0 unspecified atom stereocenters. The summed E-state index contributed by atoms with van der Waals surface area (Å²) in [6, 6.07) is 3.03. The molecule has 1 rings (SSSR count). The molecule has 0 bridgehead atoms. The van der Waals surface area contributed by atoms with Gasteiger partial charge in [0.15, 0.2) is 0 Å². The maximum absolute atomic E-state index is 13.3. The quantitative estimate of drug-likeness (QED) is 0.729. The van der Waals surface area contributed by atoms with Crippen molar-refractivity contribution in [3.63, 3.8) is 0 Å². The van der Waals surface area contributed by atoms with E-state index in [-0.39, 0.29) is 30.5 Å². The summed E-state index contributed by atoms with van der Waals surface area (Å²) in [5, 5.41) is 19.3. The highest BCUT2D eigenvalue weighted by atomic mass is 19.1. The van der Waals surface area contributed by atoms with Crippen LogP contribution in [0.5, 0.6) is 0 Å². The predicted molar refractivity (Wildman–Crippen MR) is 63.5 cm³/mol. The third kappa shape index (κ3) is 4.74. The molecular weight excluding hydrogens is 257 g/mol. The first-order valence-corrected chi connectivity index (χ1v) is 5.44. The van der Waals surface area contributed by atoms with Gasteiger partial charge in [0, 0.05) is 12.8 Å². The number of benzene rings is 1. The van der Waals surface area contributed by atoms with Crippen molar-refractivity contribution in [3.05, 3.63) is 29.6 Å². The molecule has 102 valence electrons. The lowest BCUT2D eigenvalue weighted by Gasteiger charge is -2.07. The zero-order chi connectivity index (χ0) is 14.4. The highest BCUT2D eigenvalue weighted by Crippen LogP contribution is 2.16. The van der Waals surface area contributed by atoms with Gasteiger partial charge in [0.25, 0.3) is 0 Å². The van der Waals surface area contributed by atoms with Gasteiger partial charge in [0.1, 0.15) is 5.82 Å². The molecule has 0 aliphatic carbocycles. The van der Waals surface area contributed by atoms with E-state index in [0.29, 0.717) is 0 Å². The third-order valence-electron chi connectivity index (χ3n) is 2.28. The molecular formula is C12H12FNO5. The number of hydrogen-bond donors (Lipinski definition) is 3. The van der Waals surface area contributed by atoms with Gasteiger partial charge < -0.3 is 15.5 Å². The molecule has 0 aliphatic rings. The van der Waals surface area contributed by atoms with Crippen LogP contribution in [0.1, 0.15) is 29.6 Å². The summed E-state index contributed by atoms with van der Waals surface area (Å²) in [4.78, 5) is 32.4. The lowest BCUT2D eigenvalue weighted by atomic mass is 10.2. The number of carbonyl (C=O) groups excluding carboxylic acids is 1. The standard InChI is InChI=1S/C12H12FNO5/c13-8-5-4-7(12(18)19)6-9(8)14-10(15)2-1-3-11(16)17/h4-6H,1-3H2,(H,14,15)(H,16,17)(H,18,19). The van der Waals surface area contributed by atoms with Crippen molar-refractivity contribution in [3.8, 4) is 0 Å². The van der Waals surface area contributed by atoms with E-state index in [4.69, 9.17) is 10.2 Å². The molecule has 0 spiro atoms. The number of carboxylic acid groups (broad SMARTS) is 2. The molecule has 0 heterocycles. The van der Waals surface area contributed by atoms with Crippen LogP contribution in [0.15, 0.2) is 18.2 Å². The SMILES string of the molecule is O=C(O)CCCC(=O)Nc1cc(C(=O)O)ccc1F. The maximum Gasteiger partial charge on any atom is 0.335 e. The average Bonchev–Trinajstić information content (AvgIpc) is 2.31. The lowest BCUT2D eigenvalue weighted by Crippen LogP contribution is -2.13. The fourth-order valence-electron chi connectivity index (χ4n) is 1.37. The van der Waals surface area contributed by atoms with Crippen LogP contribution in [-0.2, 0) is 9.59 Å². The molecule has 0 saturated carbocycles. The van der Waals surface area contributed by atoms with Crippen LogP contribution in [0.25, 0.3) is 0 Å². The Morgan fingerprint density at radius 2 is 1.84 bits per heavy atom. The Bertz CT molecular complexity index is 515. The molecule has 19 heavy (non-hydrogen) atoms. The lowest BCUT2D eigenvalue weighted by molar-refractivity contribution is -0.137. The minimum atomic E-state index is -1.23. The summed E-state index contributed by atoms with van der Waals surface area (Å²) < 4.78 is 13.3. The third-order valence-corrected chi connectivity index (χ3v) is 2.28. The van der Waals surface area contributed by atoms with Crippen LogP contribution in [0.3, 0.4) is 0 Å². The van der Waals surface area contributed by atoms with Gasteiger partial charge in [-0.1, -0.05) is 0 Å². The van der Waals surface area contributed by atoms with Crippen LogP contribution in [-0.4, -0.2) is 28.1 Å². The molecule has 1 aromatic carbocycles. The molecule has 7 heteroatoms. The molecule has 1 aromatic rings. The minimum absolute atomic E-state index is 0.0803. The van der Waals surface area contributed by atoms with E-state index in [9.17, 15) is 18.8 Å². The Morgan fingerprint density at radius 3 is 2.42 bits per heavy atom. The predicted octanol–water partition coefficient (Wildman–Crippen LogP) is 1.72. The average molecular weight is 269 g/mol. The smallest absolute Gasteiger partial charge is 0.335 e. The molecule has 0 atom stereocenters. The Morgan fingerprint density at radius 1 is 1.16 bits per heavy atom. The molecule has 0 radical (unpaired) electrons. The van der Waals surface area contributed by atoms with Gasteiger partial charge >= 0.3 is 11.9 Å². The number of amides is 1. The van der Waals surface area contributed by atoms with E-state index in [1.54, 1.807) is 0 Å². The second-order valence-corrected chi connectivity index (χ2v) is 3.80. The first-order valence-electron chi connectivity index (χ1n) is 5.44. The Labute approximate surface area is 107 Å². The van der Waals surface area contributed by atoms with Crippen molar-refractivity contribution in [2.24, 2.45) is 0 Å². The fourth-order valence-corrected chi connectivity index (χ4v) is 1.37. The van der Waals surface area contributed by atoms with Gasteiger partial charge in [-0.25, -0.2) is 9.18 Å². The Hall–Kier alpha value is -2.44. The number of aliphatic carboxylic acids is 1. The zero-order valence-electron chi connectivity index (χ0n) is 9.85. The van der Waals surface area contributed by atoms with Gasteiger partial charge in [-0.05, 0) is 24.6 Å². The van der Waals surface area contributed by atoms with Crippen LogP contribution in [0, 0.1) is 5.82 Å². The van der Waals surface area contributed by atoms with E-state index < -0.39 is 23.7 Å². The van der Waals surface area contributed by atoms with Crippen molar-refractivity contribution >= 4 is 23.5 Å². The maximum atomic E-state index is 13.3. The summed E-state index contributed by atoms with van der Waals surface area (Å²) in [5.74, 6) is -3.58. The van der Waals surface area contributed by atoms with Crippen molar-refractivity contribution in [1.82, 2.24) is 0 Å². The number of hydrogen-bond acceptors (Lipinski definition) is 3. The second-order valence-electron chi connectivity index (χ2n) is 3.80. The molecule has 0 aromatic heterocycles. The first kappa shape index (κ1) is 14.6. The minimum Gasteiger partial charge on any atom is -0.481 e. The molecule has 6 nitrogen and oxygen atoms in total. The number of aromatic carboxylic acids is 1. The second kappa shape index (κ2) is 6.48. The fraction of sp³-hybridized carbons (Fsp3) is 0.250. The van der Waals surface area contributed by atoms with Crippen LogP contribution in [0.4, 0.5) is 10.1 Å². The number of carboxylic acids is 2. The van der Waals surface area contributed by atoms with E-state index in [2.05, 4.69) is 5.32 Å². The molecule has 3 N–H and O–H groups in total. The van der Waals surface area contributed by atoms with Crippen molar-refractivity contribution in [2.45, 2.75) is 19.3 Å². The summed E-state index contributed by atoms with van der Waals surface area (Å²) in [7, 11) is 0. The van der Waals surface area contributed by atoms with Gasteiger partial charge in [-0.2, -0.15) is 0 Å². The van der Waals surface area contributed by atoms with E-state index in [1.165, 1.54) is 0 Å². The van der Waals surface area contributed by atoms with Crippen LogP contribution in [0.2, 0.25) is 0 Å². The van der Waals surface area contributed by atoms with Crippen LogP contribution >= 0.6 is 0 Å². The molecule has 0 fully saturated rings. The van der Waals surface area contributed by atoms with Gasteiger partial charge in [-0.3, -0.25) is 9.59 Å². The van der Waals surface area contributed by atoms with E-state index in [1.807, 2.05) is 0 Å². The number of anilines is 1. The zero-order valence-corrected chi connectivity index (χ0v) is 9.85. The summed E-state index contributed by atoms with van der Waals surface area (Å²) in [6.07, 6.45) is -0.116. The van der Waals surface area contributed by atoms with Gasteiger partial charge in [0.2, 0.25) is 5.91 Å². The summed E-state index contributed by atoms with van der Waals surface area (Å²) in [5.41, 5.74) is -0.387. The highest BCUT2D eigenvalue weighted by Gasteiger charge is 2.11. The Kier molecular flexibility index (Phi) is 4.99. The largest absolute Gasteiger partial charge is 0.481 e. The van der Waals surface area contributed by atoms with Gasteiger partial charge in [-0.15, -0.1) is 0 Å². The number of halogens is 1. The van der Waals surface area contributed by atoms with E-state index in [0.717, 1.165) is 18.2 Å². The van der Waals surface area contributed by atoms with Gasteiger partial charge in [0.05, 0.1) is 11.3 Å². The molecule has 0 saturated heterocycles.